The van der Waals surface area contributed by atoms with Gasteiger partial charge in [-0.25, -0.2) is 4.79 Å². The summed E-state index contributed by atoms with van der Waals surface area (Å²) in [5, 5.41) is 6.09. The Bertz CT molecular complexity index is 689. The van der Waals surface area contributed by atoms with Gasteiger partial charge >= 0.3 is 6.03 Å². The number of pyridine rings is 1. The number of benzene rings is 1. The second-order valence-corrected chi connectivity index (χ2v) is 7.32. The Morgan fingerprint density at radius 3 is 2.43 bits per heavy atom. The summed E-state index contributed by atoms with van der Waals surface area (Å²) in [6.45, 7) is 4.02. The predicted molar refractivity (Wildman–Crippen MR) is 94.3 cm³/mol. The molecule has 23 heavy (non-hydrogen) atoms. The third-order valence-electron chi connectivity index (χ3n) is 4.24. The molecule has 2 amide bonds. The van der Waals surface area contributed by atoms with Crippen LogP contribution in [0, 0.1) is 0 Å². The van der Waals surface area contributed by atoms with E-state index in [-0.39, 0.29) is 17.6 Å². The molecule has 120 valence electrons. The lowest BCUT2D eigenvalue weighted by Crippen LogP contribution is -2.51. The minimum atomic E-state index is -0.235. The van der Waals surface area contributed by atoms with Gasteiger partial charge in [-0.2, -0.15) is 0 Å². The number of fused-ring (bicyclic) bond motifs is 1. The van der Waals surface area contributed by atoms with Crippen molar-refractivity contribution in [3.8, 4) is 0 Å². The van der Waals surface area contributed by atoms with Crippen molar-refractivity contribution >= 4 is 22.0 Å². The Hall–Kier alpha value is -1.88. The molecule has 2 N–H and O–H groups in total. The van der Waals surface area contributed by atoms with Crippen LogP contribution in [0.15, 0.2) is 47.1 Å². The molecule has 0 bridgehead atoms. The van der Waals surface area contributed by atoms with Gasteiger partial charge in [0.25, 0.3) is 0 Å². The van der Waals surface area contributed by atoms with Gasteiger partial charge in [0.15, 0.2) is 0 Å². The molecule has 3 rings (SSSR count). The second-order valence-electron chi connectivity index (χ2n) is 6.40. The summed E-state index contributed by atoms with van der Waals surface area (Å²) in [5.74, 6) is 0. The van der Waals surface area contributed by atoms with E-state index in [1.54, 1.807) is 6.20 Å². The SMILES string of the molecule is CC(NC(=O)NC1(C)Cc2ccccc2C1)c1ccc(Br)cn1. The molecule has 1 aliphatic carbocycles. The van der Waals surface area contributed by atoms with Crippen molar-refractivity contribution in [1.82, 2.24) is 15.6 Å². The first-order chi connectivity index (χ1) is 11.0. The van der Waals surface area contributed by atoms with Crippen molar-refractivity contribution in [1.29, 1.82) is 0 Å². The molecule has 0 saturated heterocycles. The van der Waals surface area contributed by atoms with E-state index in [4.69, 9.17) is 0 Å². The minimum absolute atomic E-state index is 0.143. The fourth-order valence-corrected chi connectivity index (χ4v) is 3.35. The van der Waals surface area contributed by atoms with Gasteiger partial charge in [-0.3, -0.25) is 4.98 Å². The Morgan fingerprint density at radius 2 is 1.87 bits per heavy atom. The minimum Gasteiger partial charge on any atom is -0.332 e. The van der Waals surface area contributed by atoms with E-state index in [9.17, 15) is 4.79 Å². The van der Waals surface area contributed by atoms with E-state index in [2.05, 4.69) is 50.6 Å². The number of rotatable bonds is 3. The first-order valence-corrected chi connectivity index (χ1v) is 8.51. The molecular weight excluding hydrogens is 354 g/mol. The molecule has 0 saturated carbocycles. The molecule has 5 heteroatoms. The summed E-state index contributed by atoms with van der Waals surface area (Å²) in [5.41, 5.74) is 3.24. The molecule has 0 fully saturated rings. The summed E-state index contributed by atoms with van der Waals surface area (Å²) in [7, 11) is 0. The Labute approximate surface area is 144 Å². The van der Waals surface area contributed by atoms with Crippen LogP contribution in [0.1, 0.15) is 36.7 Å². The third kappa shape index (κ3) is 3.72. The standard InChI is InChI=1S/C18H20BrN3O/c1-12(16-8-7-15(19)11-20-16)21-17(23)22-18(2)9-13-5-3-4-6-14(13)10-18/h3-8,11-12H,9-10H2,1-2H3,(H2,21,22,23). The molecule has 0 spiro atoms. The maximum absolute atomic E-state index is 12.3. The van der Waals surface area contributed by atoms with Crippen LogP contribution in [0.3, 0.4) is 0 Å². The van der Waals surface area contributed by atoms with Gasteiger partial charge in [-0.1, -0.05) is 24.3 Å². The van der Waals surface area contributed by atoms with Gasteiger partial charge in [0.2, 0.25) is 0 Å². The number of hydrogen-bond acceptors (Lipinski definition) is 2. The number of nitrogens with zero attached hydrogens (tertiary/aromatic N) is 1. The topological polar surface area (TPSA) is 54.0 Å². The number of amides is 2. The van der Waals surface area contributed by atoms with Crippen molar-refractivity contribution in [2.45, 2.75) is 38.3 Å². The number of hydrogen-bond donors (Lipinski definition) is 2. The molecule has 4 nitrogen and oxygen atoms in total. The lowest BCUT2D eigenvalue weighted by molar-refractivity contribution is 0.225. The molecule has 0 aliphatic heterocycles. The van der Waals surface area contributed by atoms with Gasteiger partial charge in [0, 0.05) is 16.2 Å². The van der Waals surface area contributed by atoms with Crippen molar-refractivity contribution in [3.63, 3.8) is 0 Å². The number of carbonyl (C=O) groups excluding carboxylic acids is 1. The van der Waals surface area contributed by atoms with Crippen molar-refractivity contribution in [2.24, 2.45) is 0 Å². The number of urea groups is 1. The monoisotopic (exact) mass is 373 g/mol. The normalized spacial score (nSPS) is 16.5. The van der Waals surface area contributed by atoms with Crippen molar-refractivity contribution in [3.05, 3.63) is 63.9 Å². The molecule has 0 radical (unpaired) electrons. The van der Waals surface area contributed by atoms with Crippen LogP contribution < -0.4 is 10.6 Å². The Kier molecular flexibility index (Phi) is 4.39. The first kappa shape index (κ1) is 16.0. The Morgan fingerprint density at radius 1 is 1.22 bits per heavy atom. The van der Waals surface area contributed by atoms with Crippen LogP contribution >= 0.6 is 15.9 Å². The summed E-state index contributed by atoms with van der Waals surface area (Å²) < 4.78 is 0.925. The highest BCUT2D eigenvalue weighted by Crippen LogP contribution is 2.29. The lowest BCUT2D eigenvalue weighted by atomic mass is 9.99. The predicted octanol–water partition coefficient (Wildman–Crippen LogP) is 3.76. The zero-order chi connectivity index (χ0) is 16.4. The number of nitrogens with one attached hydrogen (secondary N) is 2. The summed E-state index contributed by atoms with van der Waals surface area (Å²) >= 11 is 3.36. The van der Waals surface area contributed by atoms with Gasteiger partial charge in [-0.05, 0) is 65.9 Å². The average Bonchev–Trinajstić information content (AvgIpc) is 2.82. The number of halogens is 1. The van der Waals surface area contributed by atoms with Gasteiger partial charge < -0.3 is 10.6 Å². The average molecular weight is 374 g/mol. The largest absolute Gasteiger partial charge is 0.332 e. The van der Waals surface area contributed by atoms with Crippen LogP contribution in [-0.4, -0.2) is 16.6 Å². The lowest BCUT2D eigenvalue weighted by Gasteiger charge is -2.26. The van der Waals surface area contributed by atoms with Crippen LogP contribution in [0.5, 0.6) is 0 Å². The zero-order valence-electron chi connectivity index (χ0n) is 13.3. The Balaban J connectivity index is 1.60. The maximum Gasteiger partial charge on any atom is 0.315 e. The molecule has 1 unspecified atom stereocenters. The van der Waals surface area contributed by atoms with Gasteiger partial charge in [0.05, 0.1) is 11.7 Å². The molecule has 1 aromatic heterocycles. The first-order valence-electron chi connectivity index (χ1n) is 7.72. The van der Waals surface area contributed by atoms with E-state index in [0.717, 1.165) is 23.0 Å². The number of carbonyl (C=O) groups is 1. The third-order valence-corrected chi connectivity index (χ3v) is 4.71. The van der Waals surface area contributed by atoms with Crippen molar-refractivity contribution in [2.75, 3.05) is 0 Å². The molecule has 1 heterocycles. The van der Waals surface area contributed by atoms with Crippen molar-refractivity contribution < 1.29 is 4.79 Å². The zero-order valence-corrected chi connectivity index (χ0v) is 14.9. The highest BCUT2D eigenvalue weighted by atomic mass is 79.9. The summed E-state index contributed by atoms with van der Waals surface area (Å²) in [6.07, 6.45) is 3.46. The fraction of sp³-hybridized carbons (Fsp3) is 0.333. The van der Waals surface area contributed by atoms with Crippen LogP contribution in [0.25, 0.3) is 0 Å². The van der Waals surface area contributed by atoms with Crippen LogP contribution in [0.2, 0.25) is 0 Å². The molecule has 2 aromatic rings. The summed E-state index contributed by atoms with van der Waals surface area (Å²) in [4.78, 5) is 16.7. The van der Waals surface area contributed by atoms with E-state index >= 15 is 0 Å². The molecular formula is C18H20BrN3O. The summed E-state index contributed by atoms with van der Waals surface area (Å²) in [6, 6.07) is 11.9. The highest BCUT2D eigenvalue weighted by Gasteiger charge is 2.34. The van der Waals surface area contributed by atoms with Crippen LogP contribution in [-0.2, 0) is 12.8 Å². The molecule has 1 aliphatic rings. The van der Waals surface area contributed by atoms with Gasteiger partial charge in [-0.15, -0.1) is 0 Å². The highest BCUT2D eigenvalue weighted by molar-refractivity contribution is 9.10. The van der Waals surface area contributed by atoms with Crippen LogP contribution in [0.4, 0.5) is 4.79 Å². The van der Waals surface area contributed by atoms with Gasteiger partial charge in [0.1, 0.15) is 0 Å². The maximum atomic E-state index is 12.3. The van der Waals surface area contributed by atoms with E-state index < -0.39 is 0 Å². The molecule has 1 atom stereocenters. The molecule has 1 aromatic carbocycles. The fourth-order valence-electron chi connectivity index (χ4n) is 3.12. The quantitative estimate of drug-likeness (QED) is 0.860. The van der Waals surface area contributed by atoms with E-state index in [1.807, 2.05) is 31.2 Å². The second kappa shape index (κ2) is 6.32. The van der Waals surface area contributed by atoms with E-state index in [0.29, 0.717) is 0 Å². The smallest absolute Gasteiger partial charge is 0.315 e. The van der Waals surface area contributed by atoms with E-state index in [1.165, 1.54) is 11.1 Å². The number of aromatic nitrogens is 1.